The van der Waals surface area contributed by atoms with E-state index in [1.165, 1.54) is 24.3 Å². The van der Waals surface area contributed by atoms with Crippen molar-refractivity contribution in [3.63, 3.8) is 0 Å². The van der Waals surface area contributed by atoms with Gasteiger partial charge in [-0.2, -0.15) is 13.2 Å². The molecule has 2 heterocycles. The van der Waals surface area contributed by atoms with Gasteiger partial charge in [0.05, 0.1) is 23.5 Å². The lowest BCUT2D eigenvalue weighted by atomic mass is 9.98. The number of aryl methyl sites for hydroxylation is 1. The highest BCUT2D eigenvalue weighted by atomic mass is 19.4. The fraction of sp³-hybridized carbons (Fsp3) is 0.286. The fourth-order valence-corrected chi connectivity index (χ4v) is 3.91. The summed E-state index contributed by atoms with van der Waals surface area (Å²) >= 11 is 0. The van der Waals surface area contributed by atoms with Gasteiger partial charge in [0.25, 0.3) is 5.91 Å². The van der Waals surface area contributed by atoms with E-state index in [1.807, 2.05) is 0 Å². The number of imide groups is 1. The van der Waals surface area contributed by atoms with Crippen molar-refractivity contribution in [1.82, 2.24) is 10.2 Å². The summed E-state index contributed by atoms with van der Waals surface area (Å²) in [5, 5.41) is 2.16. The number of hydrogen-bond acceptors (Lipinski definition) is 4. The van der Waals surface area contributed by atoms with Gasteiger partial charge in [-0.05, 0) is 55.3 Å². The van der Waals surface area contributed by atoms with Crippen LogP contribution in [0.5, 0.6) is 0 Å². The predicted octanol–water partition coefficient (Wildman–Crippen LogP) is 3.51. The first kappa shape index (κ1) is 20.8. The lowest BCUT2D eigenvalue weighted by Gasteiger charge is -2.42. The zero-order chi connectivity index (χ0) is 22.5. The molecule has 10 heteroatoms. The normalized spacial score (nSPS) is 19.4. The van der Waals surface area contributed by atoms with Crippen molar-refractivity contribution in [1.29, 1.82) is 0 Å². The Morgan fingerprint density at radius 1 is 1.03 bits per heavy atom. The number of nitrogens with one attached hydrogen (secondary N) is 1. The fourth-order valence-electron chi connectivity index (χ4n) is 3.91. The van der Waals surface area contributed by atoms with Gasteiger partial charge in [-0.3, -0.25) is 19.7 Å². The average molecular weight is 435 g/mol. The van der Waals surface area contributed by atoms with Gasteiger partial charge in [-0.25, -0.2) is 4.39 Å². The van der Waals surface area contributed by atoms with Gasteiger partial charge in [-0.1, -0.05) is 0 Å². The van der Waals surface area contributed by atoms with Gasteiger partial charge in [0.15, 0.2) is 0 Å². The van der Waals surface area contributed by atoms with E-state index in [9.17, 15) is 31.9 Å². The first-order valence-electron chi connectivity index (χ1n) is 9.46. The summed E-state index contributed by atoms with van der Waals surface area (Å²) in [6, 6.07) is 5.74. The molecule has 0 aliphatic carbocycles. The molecule has 6 nitrogen and oxygen atoms in total. The Labute approximate surface area is 174 Å². The Hall–Kier alpha value is -3.43. The highest BCUT2D eigenvalue weighted by Gasteiger charge is 2.41. The molecule has 1 saturated heterocycles. The van der Waals surface area contributed by atoms with Crippen molar-refractivity contribution in [2.45, 2.75) is 32.0 Å². The second-order valence-electron chi connectivity index (χ2n) is 7.47. The number of amides is 3. The smallest absolute Gasteiger partial charge is 0.322 e. The highest BCUT2D eigenvalue weighted by molar-refractivity contribution is 6.07. The summed E-state index contributed by atoms with van der Waals surface area (Å²) in [7, 11) is 0. The van der Waals surface area contributed by atoms with Crippen molar-refractivity contribution in [3.05, 3.63) is 58.9 Å². The van der Waals surface area contributed by atoms with Crippen LogP contribution < -0.4 is 10.2 Å². The minimum atomic E-state index is -4.66. The van der Waals surface area contributed by atoms with E-state index in [0.717, 1.165) is 17.0 Å². The van der Waals surface area contributed by atoms with Crippen molar-refractivity contribution in [3.8, 4) is 0 Å². The summed E-state index contributed by atoms with van der Waals surface area (Å²) in [5.41, 5.74) is -0.0260. The maximum Gasteiger partial charge on any atom is 0.416 e. The first-order valence-corrected chi connectivity index (χ1v) is 9.46. The Morgan fingerprint density at radius 2 is 1.74 bits per heavy atom. The standard InChI is InChI=1S/C21H17F4N3O3/c1-11-8-13(22)3-5-15(11)27-10-28(17-6-7-18(29)26-19(17)30)20(31)14-9-12(21(23,24)25)2-4-16(14)27/h2-5,8-9,17H,6-7,10H2,1H3,(H,26,29,30). The third-order valence-corrected chi connectivity index (χ3v) is 5.44. The van der Waals surface area contributed by atoms with Crippen LogP contribution in [0.4, 0.5) is 28.9 Å². The second-order valence-corrected chi connectivity index (χ2v) is 7.47. The van der Waals surface area contributed by atoms with E-state index in [2.05, 4.69) is 5.32 Å². The number of halogens is 4. The SMILES string of the molecule is Cc1cc(F)ccc1N1CN(C2CCC(=O)NC2=O)C(=O)c2cc(C(F)(F)F)ccc21. The maximum atomic E-state index is 13.6. The molecule has 3 amide bonds. The predicted molar refractivity (Wildman–Crippen MR) is 102 cm³/mol. The number of fused-ring (bicyclic) bond motifs is 1. The molecule has 1 unspecified atom stereocenters. The molecular formula is C21H17F4N3O3. The van der Waals surface area contributed by atoms with Crippen LogP contribution in [0.15, 0.2) is 36.4 Å². The molecular weight excluding hydrogens is 418 g/mol. The monoisotopic (exact) mass is 435 g/mol. The zero-order valence-electron chi connectivity index (χ0n) is 16.3. The number of carbonyl (C=O) groups excluding carboxylic acids is 3. The van der Waals surface area contributed by atoms with Crippen LogP contribution in [0, 0.1) is 12.7 Å². The van der Waals surface area contributed by atoms with Gasteiger partial charge in [0.2, 0.25) is 11.8 Å². The van der Waals surface area contributed by atoms with Gasteiger partial charge < -0.3 is 9.80 Å². The Bertz CT molecular complexity index is 1100. The summed E-state index contributed by atoms with van der Waals surface area (Å²) in [6.45, 7) is 1.49. The van der Waals surface area contributed by atoms with Gasteiger partial charge in [0.1, 0.15) is 11.9 Å². The van der Waals surface area contributed by atoms with Crippen molar-refractivity contribution in [2.24, 2.45) is 0 Å². The minimum Gasteiger partial charge on any atom is -0.322 e. The maximum absolute atomic E-state index is 13.6. The van der Waals surface area contributed by atoms with Crippen LogP contribution >= 0.6 is 0 Å². The van der Waals surface area contributed by atoms with Crippen LogP contribution in [0.25, 0.3) is 0 Å². The Kier molecular flexibility index (Phi) is 4.95. The molecule has 0 radical (unpaired) electrons. The lowest BCUT2D eigenvalue weighted by Crippen LogP contribution is -2.58. The van der Waals surface area contributed by atoms with E-state index in [4.69, 9.17) is 0 Å². The molecule has 1 N–H and O–H groups in total. The first-order chi connectivity index (χ1) is 14.6. The van der Waals surface area contributed by atoms with Gasteiger partial charge in [-0.15, -0.1) is 0 Å². The molecule has 4 rings (SSSR count). The lowest BCUT2D eigenvalue weighted by molar-refractivity contribution is -0.138. The molecule has 1 atom stereocenters. The number of carbonyl (C=O) groups is 3. The molecule has 2 aromatic rings. The van der Waals surface area contributed by atoms with E-state index in [-0.39, 0.29) is 30.8 Å². The number of hydrogen-bond donors (Lipinski definition) is 1. The molecule has 2 aromatic carbocycles. The quantitative estimate of drug-likeness (QED) is 0.579. The number of nitrogens with zero attached hydrogens (tertiary/aromatic N) is 2. The van der Waals surface area contributed by atoms with Gasteiger partial charge in [0, 0.05) is 12.1 Å². The molecule has 0 saturated carbocycles. The molecule has 31 heavy (non-hydrogen) atoms. The van der Waals surface area contributed by atoms with Crippen molar-refractivity contribution >= 4 is 29.1 Å². The third kappa shape index (κ3) is 3.73. The van der Waals surface area contributed by atoms with Crippen LogP contribution in [-0.4, -0.2) is 35.3 Å². The topological polar surface area (TPSA) is 69.7 Å². The van der Waals surface area contributed by atoms with Crippen molar-refractivity contribution < 1.29 is 31.9 Å². The summed E-state index contributed by atoms with van der Waals surface area (Å²) in [4.78, 5) is 39.7. The molecule has 2 aliphatic rings. The average Bonchev–Trinajstić information content (AvgIpc) is 2.68. The number of benzene rings is 2. The molecule has 162 valence electrons. The zero-order valence-corrected chi connectivity index (χ0v) is 16.3. The summed E-state index contributed by atoms with van der Waals surface area (Å²) in [6.07, 6.45) is -4.60. The van der Waals surface area contributed by atoms with E-state index >= 15 is 0 Å². The van der Waals surface area contributed by atoms with E-state index in [1.54, 1.807) is 11.8 Å². The van der Waals surface area contributed by atoms with E-state index < -0.39 is 41.3 Å². The second kappa shape index (κ2) is 7.36. The summed E-state index contributed by atoms with van der Waals surface area (Å²) < 4.78 is 53.5. The van der Waals surface area contributed by atoms with E-state index in [0.29, 0.717) is 11.3 Å². The molecule has 0 bridgehead atoms. The Morgan fingerprint density at radius 3 is 2.39 bits per heavy atom. The summed E-state index contributed by atoms with van der Waals surface area (Å²) in [5.74, 6) is -2.39. The number of rotatable bonds is 2. The number of piperidine rings is 1. The number of anilines is 2. The number of alkyl halides is 3. The van der Waals surface area contributed by atoms with Gasteiger partial charge >= 0.3 is 6.18 Å². The Balaban J connectivity index is 1.84. The molecule has 2 aliphatic heterocycles. The third-order valence-electron chi connectivity index (χ3n) is 5.44. The largest absolute Gasteiger partial charge is 0.416 e. The van der Waals surface area contributed by atoms with Crippen LogP contribution in [0.3, 0.4) is 0 Å². The molecule has 0 spiro atoms. The van der Waals surface area contributed by atoms with Crippen molar-refractivity contribution in [2.75, 3.05) is 11.6 Å². The highest BCUT2D eigenvalue weighted by Crippen LogP contribution is 2.40. The van der Waals surface area contributed by atoms with Crippen LogP contribution in [0.1, 0.15) is 34.3 Å². The van der Waals surface area contributed by atoms with Crippen LogP contribution in [0.2, 0.25) is 0 Å². The molecule has 1 fully saturated rings. The molecule has 0 aromatic heterocycles. The minimum absolute atomic E-state index is 0.00517. The van der Waals surface area contributed by atoms with Crippen LogP contribution in [-0.2, 0) is 15.8 Å².